The summed E-state index contributed by atoms with van der Waals surface area (Å²) in [7, 11) is 3.62. The smallest absolute Gasteiger partial charge is 0.275 e. The zero-order chi connectivity index (χ0) is 13.7. The third-order valence-corrected chi connectivity index (χ3v) is 3.56. The first-order valence-corrected chi connectivity index (χ1v) is 6.91. The van der Waals surface area contributed by atoms with Crippen LogP contribution in [0.15, 0.2) is 23.7 Å². The van der Waals surface area contributed by atoms with Gasteiger partial charge >= 0.3 is 0 Å². The third-order valence-electron chi connectivity index (χ3n) is 2.70. The van der Waals surface area contributed by atoms with Gasteiger partial charge < -0.3 is 10.2 Å². The minimum absolute atomic E-state index is 0.104. The summed E-state index contributed by atoms with van der Waals surface area (Å²) < 4.78 is 1.69. The van der Waals surface area contributed by atoms with Gasteiger partial charge in [0.2, 0.25) is 0 Å². The van der Waals surface area contributed by atoms with E-state index in [1.807, 2.05) is 24.6 Å². The predicted octanol–water partition coefficient (Wildman–Crippen LogP) is 0.679. The lowest BCUT2D eigenvalue weighted by Gasteiger charge is -2.14. The normalized spacial score (nSPS) is 10.6. The first kappa shape index (κ1) is 13.7. The average molecular weight is 279 g/mol. The van der Waals surface area contributed by atoms with E-state index in [0.717, 1.165) is 6.54 Å². The van der Waals surface area contributed by atoms with Crippen LogP contribution in [-0.4, -0.2) is 53.0 Å². The van der Waals surface area contributed by atoms with Crippen LogP contribution >= 0.6 is 11.3 Å². The molecule has 0 saturated carbocycles. The lowest BCUT2D eigenvalue weighted by atomic mass is 10.4. The molecule has 0 unspecified atom stereocenters. The quantitative estimate of drug-likeness (QED) is 0.844. The number of hydrogen-bond acceptors (Lipinski definition) is 5. The second-order valence-corrected chi connectivity index (χ2v) is 5.24. The summed E-state index contributed by atoms with van der Waals surface area (Å²) in [5.41, 5.74) is 0.384. The molecule has 2 aromatic rings. The number of rotatable bonds is 6. The van der Waals surface area contributed by atoms with Gasteiger partial charge in [0.15, 0.2) is 5.69 Å². The van der Waals surface area contributed by atoms with Crippen LogP contribution in [0.1, 0.15) is 15.4 Å². The fourth-order valence-corrected chi connectivity index (χ4v) is 2.31. The van der Waals surface area contributed by atoms with E-state index in [9.17, 15) is 4.79 Å². The topological polar surface area (TPSA) is 63.1 Å². The maximum atomic E-state index is 12.1. The molecule has 0 aromatic carbocycles. The number of thiophene rings is 1. The highest BCUT2D eigenvalue weighted by Gasteiger charge is 2.15. The highest BCUT2D eigenvalue weighted by molar-refractivity contribution is 7.09. The lowest BCUT2D eigenvalue weighted by Crippen LogP contribution is -2.33. The Balaban J connectivity index is 1.98. The Morgan fingerprint density at radius 3 is 3.11 bits per heavy atom. The zero-order valence-electron chi connectivity index (χ0n) is 11.0. The molecular weight excluding hydrogens is 262 g/mol. The van der Waals surface area contributed by atoms with E-state index < -0.39 is 0 Å². The molecule has 1 amide bonds. The van der Waals surface area contributed by atoms with E-state index in [1.165, 1.54) is 4.88 Å². The Bertz CT molecular complexity index is 522. The fraction of sp³-hybridized carbons (Fsp3) is 0.417. The summed E-state index contributed by atoms with van der Waals surface area (Å²) in [4.78, 5) is 14.9. The number of carbonyl (C=O) groups excluding carboxylic acids is 1. The highest BCUT2D eigenvalue weighted by atomic mass is 32.1. The van der Waals surface area contributed by atoms with Gasteiger partial charge in [-0.3, -0.25) is 4.79 Å². The van der Waals surface area contributed by atoms with Crippen molar-refractivity contribution in [2.75, 3.05) is 27.2 Å². The molecule has 0 atom stereocenters. The van der Waals surface area contributed by atoms with Crippen molar-refractivity contribution in [3.63, 3.8) is 0 Å². The molecule has 0 saturated heterocycles. The standard InChI is InChI=1S/C12H17N5OS/c1-13-5-6-16(2)12(18)11-9-17(15-14-11)8-10-4-3-7-19-10/h3-4,7,9,13H,5-6,8H2,1-2H3. The molecule has 6 nitrogen and oxygen atoms in total. The van der Waals surface area contributed by atoms with E-state index in [2.05, 4.69) is 15.6 Å². The van der Waals surface area contributed by atoms with Gasteiger partial charge in [-0.05, 0) is 18.5 Å². The SMILES string of the molecule is CNCCN(C)C(=O)c1cn(Cc2cccs2)nn1. The average Bonchev–Trinajstić information content (AvgIpc) is 3.07. The number of hydrogen-bond donors (Lipinski definition) is 1. The van der Waals surface area contributed by atoms with Crippen molar-refractivity contribution < 1.29 is 4.79 Å². The van der Waals surface area contributed by atoms with Crippen LogP contribution < -0.4 is 5.32 Å². The molecule has 0 aliphatic carbocycles. The van der Waals surface area contributed by atoms with Crippen LogP contribution in [-0.2, 0) is 6.54 Å². The van der Waals surface area contributed by atoms with Gasteiger partial charge in [-0.1, -0.05) is 11.3 Å². The van der Waals surface area contributed by atoms with Crippen molar-refractivity contribution in [3.05, 3.63) is 34.3 Å². The van der Waals surface area contributed by atoms with Gasteiger partial charge in [-0.25, -0.2) is 4.68 Å². The molecule has 0 bridgehead atoms. The molecule has 0 aliphatic heterocycles. The molecular formula is C12H17N5OS. The van der Waals surface area contributed by atoms with E-state index in [-0.39, 0.29) is 5.91 Å². The van der Waals surface area contributed by atoms with E-state index in [0.29, 0.717) is 18.8 Å². The number of nitrogens with one attached hydrogen (secondary N) is 1. The first-order chi connectivity index (χ1) is 9.20. The van der Waals surface area contributed by atoms with Crippen LogP contribution in [0, 0.1) is 0 Å². The molecule has 0 spiro atoms. The van der Waals surface area contributed by atoms with Crippen molar-refractivity contribution in [1.29, 1.82) is 0 Å². The summed E-state index contributed by atoms with van der Waals surface area (Å²) in [5.74, 6) is -0.104. The molecule has 102 valence electrons. The van der Waals surface area contributed by atoms with Gasteiger partial charge in [0, 0.05) is 25.0 Å². The second-order valence-electron chi connectivity index (χ2n) is 4.21. The van der Waals surface area contributed by atoms with E-state index >= 15 is 0 Å². The molecule has 19 heavy (non-hydrogen) atoms. The van der Waals surface area contributed by atoms with E-state index in [4.69, 9.17) is 0 Å². The van der Waals surface area contributed by atoms with Gasteiger partial charge in [-0.2, -0.15) is 0 Å². The molecule has 7 heteroatoms. The summed E-state index contributed by atoms with van der Waals surface area (Å²) in [6, 6.07) is 4.03. The number of amides is 1. The summed E-state index contributed by atoms with van der Waals surface area (Å²) in [6.07, 6.45) is 1.69. The van der Waals surface area contributed by atoms with Crippen LogP contribution in [0.2, 0.25) is 0 Å². The second kappa shape index (κ2) is 6.44. The maximum Gasteiger partial charge on any atom is 0.275 e. The Morgan fingerprint density at radius 2 is 2.42 bits per heavy atom. The zero-order valence-corrected chi connectivity index (χ0v) is 11.9. The molecule has 0 radical (unpaired) electrons. The predicted molar refractivity (Wildman–Crippen MR) is 74.3 cm³/mol. The fourth-order valence-electron chi connectivity index (χ4n) is 1.61. The van der Waals surface area contributed by atoms with Crippen LogP contribution in [0.25, 0.3) is 0 Å². The van der Waals surface area contributed by atoms with Gasteiger partial charge in [-0.15, -0.1) is 16.4 Å². The van der Waals surface area contributed by atoms with E-state index in [1.54, 1.807) is 34.2 Å². The summed E-state index contributed by atoms with van der Waals surface area (Å²) in [5, 5.41) is 12.9. The molecule has 1 N–H and O–H groups in total. The number of nitrogens with zero attached hydrogens (tertiary/aromatic N) is 4. The monoisotopic (exact) mass is 279 g/mol. The number of carbonyl (C=O) groups is 1. The summed E-state index contributed by atoms with van der Waals surface area (Å²) in [6.45, 7) is 2.05. The van der Waals surface area contributed by atoms with Crippen LogP contribution in [0.5, 0.6) is 0 Å². The molecule has 0 fully saturated rings. The van der Waals surface area contributed by atoms with Crippen molar-refractivity contribution in [2.24, 2.45) is 0 Å². The summed E-state index contributed by atoms with van der Waals surface area (Å²) >= 11 is 1.66. The minimum atomic E-state index is -0.104. The minimum Gasteiger partial charge on any atom is -0.339 e. The Kier molecular flexibility index (Phi) is 4.64. The third kappa shape index (κ3) is 3.62. The number of aromatic nitrogens is 3. The number of likely N-dealkylation sites (N-methyl/N-ethyl adjacent to an activating group) is 2. The van der Waals surface area contributed by atoms with Crippen molar-refractivity contribution >= 4 is 17.2 Å². The van der Waals surface area contributed by atoms with Crippen LogP contribution in [0.4, 0.5) is 0 Å². The Hall–Kier alpha value is -1.73. The Morgan fingerprint density at radius 1 is 1.58 bits per heavy atom. The Labute approximate surface area is 116 Å². The van der Waals surface area contributed by atoms with Crippen molar-refractivity contribution in [3.8, 4) is 0 Å². The highest BCUT2D eigenvalue weighted by Crippen LogP contribution is 2.10. The molecule has 0 aliphatic rings. The molecule has 2 aromatic heterocycles. The lowest BCUT2D eigenvalue weighted by molar-refractivity contribution is 0.0791. The van der Waals surface area contributed by atoms with Crippen molar-refractivity contribution in [1.82, 2.24) is 25.2 Å². The van der Waals surface area contributed by atoms with Gasteiger partial charge in [0.1, 0.15) is 0 Å². The van der Waals surface area contributed by atoms with Gasteiger partial charge in [0.25, 0.3) is 5.91 Å². The van der Waals surface area contributed by atoms with Crippen molar-refractivity contribution in [2.45, 2.75) is 6.54 Å². The first-order valence-electron chi connectivity index (χ1n) is 6.03. The van der Waals surface area contributed by atoms with Crippen LogP contribution in [0.3, 0.4) is 0 Å². The largest absolute Gasteiger partial charge is 0.339 e. The maximum absolute atomic E-state index is 12.1. The molecule has 2 rings (SSSR count). The molecule has 2 heterocycles. The van der Waals surface area contributed by atoms with Gasteiger partial charge in [0.05, 0.1) is 12.7 Å².